The van der Waals surface area contributed by atoms with Gasteiger partial charge in [-0.2, -0.15) is 5.10 Å². The highest BCUT2D eigenvalue weighted by Crippen LogP contribution is 2.30. The second-order valence-corrected chi connectivity index (χ2v) is 5.31. The van der Waals surface area contributed by atoms with Gasteiger partial charge in [-0.25, -0.2) is 4.98 Å². The SMILES string of the molecule is CCc1n[nH]c(CN2CC(CO)Cc3ccccc32)n1. The van der Waals surface area contributed by atoms with Gasteiger partial charge in [0.2, 0.25) is 0 Å². The zero-order valence-electron chi connectivity index (χ0n) is 11.7. The molecule has 2 aromatic rings. The fourth-order valence-corrected chi connectivity index (χ4v) is 2.79. The minimum absolute atomic E-state index is 0.224. The molecule has 20 heavy (non-hydrogen) atoms. The number of hydrogen-bond acceptors (Lipinski definition) is 4. The van der Waals surface area contributed by atoms with E-state index in [-0.39, 0.29) is 6.61 Å². The number of fused-ring (bicyclic) bond motifs is 1. The largest absolute Gasteiger partial charge is 0.396 e. The Labute approximate surface area is 118 Å². The first kappa shape index (κ1) is 13.1. The van der Waals surface area contributed by atoms with Crippen molar-refractivity contribution in [2.45, 2.75) is 26.3 Å². The van der Waals surface area contributed by atoms with Crippen molar-refractivity contribution in [3.63, 3.8) is 0 Å². The van der Waals surface area contributed by atoms with Crippen molar-refractivity contribution in [1.82, 2.24) is 15.2 Å². The molecule has 5 heteroatoms. The van der Waals surface area contributed by atoms with E-state index in [1.54, 1.807) is 0 Å². The van der Waals surface area contributed by atoms with E-state index in [0.717, 1.165) is 31.0 Å². The topological polar surface area (TPSA) is 65.0 Å². The van der Waals surface area contributed by atoms with Gasteiger partial charge in [0, 0.05) is 31.2 Å². The van der Waals surface area contributed by atoms with Crippen LogP contribution in [0.1, 0.15) is 24.1 Å². The van der Waals surface area contributed by atoms with Crippen LogP contribution in [0.5, 0.6) is 0 Å². The Kier molecular flexibility index (Phi) is 3.69. The third kappa shape index (κ3) is 2.54. The average Bonchev–Trinajstić information content (AvgIpc) is 2.94. The van der Waals surface area contributed by atoms with E-state index in [1.165, 1.54) is 11.3 Å². The number of anilines is 1. The highest BCUT2D eigenvalue weighted by atomic mass is 16.3. The number of hydrogen-bond donors (Lipinski definition) is 2. The lowest BCUT2D eigenvalue weighted by Gasteiger charge is -2.34. The summed E-state index contributed by atoms with van der Waals surface area (Å²) in [7, 11) is 0. The molecule has 0 fully saturated rings. The molecule has 0 saturated carbocycles. The van der Waals surface area contributed by atoms with E-state index < -0.39 is 0 Å². The lowest BCUT2D eigenvalue weighted by atomic mass is 9.93. The number of aryl methyl sites for hydroxylation is 1. The van der Waals surface area contributed by atoms with E-state index in [9.17, 15) is 5.11 Å². The molecule has 0 amide bonds. The first-order chi connectivity index (χ1) is 9.80. The van der Waals surface area contributed by atoms with Crippen LogP contribution in [0.2, 0.25) is 0 Å². The molecule has 0 bridgehead atoms. The number of rotatable bonds is 4. The molecule has 0 spiro atoms. The van der Waals surface area contributed by atoms with E-state index >= 15 is 0 Å². The molecular weight excluding hydrogens is 252 g/mol. The van der Waals surface area contributed by atoms with Crippen molar-refractivity contribution in [2.24, 2.45) is 5.92 Å². The Morgan fingerprint density at radius 3 is 3.00 bits per heavy atom. The lowest BCUT2D eigenvalue weighted by molar-refractivity contribution is 0.223. The van der Waals surface area contributed by atoms with Gasteiger partial charge in [0.15, 0.2) is 5.82 Å². The van der Waals surface area contributed by atoms with E-state index in [2.05, 4.69) is 44.3 Å². The smallest absolute Gasteiger partial charge is 0.150 e. The molecule has 1 aliphatic rings. The molecule has 1 aliphatic heterocycles. The first-order valence-electron chi connectivity index (χ1n) is 7.14. The maximum absolute atomic E-state index is 9.48. The van der Waals surface area contributed by atoms with Gasteiger partial charge in [0.05, 0.1) is 6.54 Å². The molecule has 106 valence electrons. The number of aromatic nitrogens is 3. The molecule has 5 nitrogen and oxygen atoms in total. The van der Waals surface area contributed by atoms with E-state index in [4.69, 9.17) is 0 Å². The van der Waals surface area contributed by atoms with Crippen LogP contribution >= 0.6 is 0 Å². The summed E-state index contributed by atoms with van der Waals surface area (Å²) in [5, 5.41) is 16.7. The van der Waals surface area contributed by atoms with Gasteiger partial charge in [-0.05, 0) is 18.1 Å². The highest BCUT2D eigenvalue weighted by Gasteiger charge is 2.24. The molecule has 1 atom stereocenters. The molecule has 0 radical (unpaired) electrons. The predicted octanol–water partition coefficient (Wildman–Crippen LogP) is 1.54. The Hall–Kier alpha value is -1.88. The van der Waals surface area contributed by atoms with E-state index in [1.807, 2.05) is 6.92 Å². The third-order valence-electron chi connectivity index (χ3n) is 3.81. The van der Waals surface area contributed by atoms with E-state index in [0.29, 0.717) is 12.5 Å². The summed E-state index contributed by atoms with van der Waals surface area (Å²) >= 11 is 0. The first-order valence-corrected chi connectivity index (χ1v) is 7.14. The molecule has 2 N–H and O–H groups in total. The highest BCUT2D eigenvalue weighted by molar-refractivity contribution is 5.55. The molecule has 1 aromatic heterocycles. The molecule has 0 aliphatic carbocycles. The van der Waals surface area contributed by atoms with Gasteiger partial charge in [0.1, 0.15) is 5.82 Å². The van der Waals surface area contributed by atoms with Gasteiger partial charge >= 0.3 is 0 Å². The Bertz CT molecular complexity index is 581. The number of aromatic amines is 1. The van der Waals surface area contributed by atoms with Gasteiger partial charge in [-0.3, -0.25) is 5.10 Å². The Morgan fingerprint density at radius 2 is 2.25 bits per heavy atom. The van der Waals surface area contributed by atoms with Crippen LogP contribution in [-0.2, 0) is 19.4 Å². The van der Waals surface area contributed by atoms with Gasteiger partial charge in [-0.15, -0.1) is 0 Å². The summed E-state index contributed by atoms with van der Waals surface area (Å²) < 4.78 is 0. The Balaban J connectivity index is 1.84. The number of nitrogens with zero attached hydrogens (tertiary/aromatic N) is 3. The summed E-state index contributed by atoms with van der Waals surface area (Å²) in [5.41, 5.74) is 2.54. The molecule has 1 unspecified atom stereocenters. The summed E-state index contributed by atoms with van der Waals surface area (Å²) in [6.07, 6.45) is 1.78. The van der Waals surface area contributed by atoms with Crippen LogP contribution < -0.4 is 4.90 Å². The quantitative estimate of drug-likeness (QED) is 0.886. The standard InChI is InChI=1S/C15H20N4O/c1-2-14-16-15(18-17-14)9-19-8-11(10-20)7-12-5-3-4-6-13(12)19/h3-6,11,20H,2,7-10H2,1H3,(H,16,17,18). The number of nitrogens with one attached hydrogen (secondary N) is 1. The minimum atomic E-state index is 0.224. The predicted molar refractivity (Wildman–Crippen MR) is 77.5 cm³/mol. The number of para-hydroxylation sites is 1. The summed E-state index contributed by atoms with van der Waals surface area (Å²) in [5.74, 6) is 2.03. The second kappa shape index (κ2) is 5.63. The number of aliphatic hydroxyl groups is 1. The van der Waals surface area contributed by atoms with Crippen molar-refractivity contribution in [3.05, 3.63) is 41.5 Å². The van der Waals surface area contributed by atoms with Crippen LogP contribution in [-0.4, -0.2) is 33.4 Å². The molecule has 1 aromatic carbocycles. The van der Waals surface area contributed by atoms with Crippen molar-refractivity contribution < 1.29 is 5.11 Å². The van der Waals surface area contributed by atoms with Crippen LogP contribution in [0.25, 0.3) is 0 Å². The molecule has 3 rings (SSSR count). The summed E-state index contributed by atoms with van der Waals surface area (Å²) in [4.78, 5) is 6.75. The molecule has 2 heterocycles. The zero-order valence-corrected chi connectivity index (χ0v) is 11.7. The molecular formula is C15H20N4O. The third-order valence-corrected chi connectivity index (χ3v) is 3.81. The fourth-order valence-electron chi connectivity index (χ4n) is 2.79. The monoisotopic (exact) mass is 272 g/mol. The molecule has 0 saturated heterocycles. The number of H-pyrrole nitrogens is 1. The van der Waals surface area contributed by atoms with Crippen molar-refractivity contribution in [1.29, 1.82) is 0 Å². The fraction of sp³-hybridized carbons (Fsp3) is 0.467. The van der Waals surface area contributed by atoms with Crippen LogP contribution in [0, 0.1) is 5.92 Å². The lowest BCUT2D eigenvalue weighted by Crippen LogP contribution is -2.36. The van der Waals surface area contributed by atoms with Crippen molar-refractivity contribution >= 4 is 5.69 Å². The normalized spacial score (nSPS) is 18.1. The second-order valence-electron chi connectivity index (χ2n) is 5.31. The number of aliphatic hydroxyl groups excluding tert-OH is 1. The average molecular weight is 272 g/mol. The van der Waals surface area contributed by atoms with Gasteiger partial charge in [-0.1, -0.05) is 25.1 Å². The van der Waals surface area contributed by atoms with Crippen LogP contribution in [0.15, 0.2) is 24.3 Å². The summed E-state index contributed by atoms with van der Waals surface area (Å²) in [6, 6.07) is 8.39. The zero-order chi connectivity index (χ0) is 13.9. The summed E-state index contributed by atoms with van der Waals surface area (Å²) in [6.45, 7) is 3.84. The van der Waals surface area contributed by atoms with Crippen molar-refractivity contribution in [3.8, 4) is 0 Å². The van der Waals surface area contributed by atoms with Crippen molar-refractivity contribution in [2.75, 3.05) is 18.1 Å². The van der Waals surface area contributed by atoms with Gasteiger partial charge < -0.3 is 10.0 Å². The van der Waals surface area contributed by atoms with Gasteiger partial charge in [0.25, 0.3) is 0 Å². The minimum Gasteiger partial charge on any atom is -0.396 e. The van der Waals surface area contributed by atoms with Crippen LogP contribution in [0.3, 0.4) is 0 Å². The maximum Gasteiger partial charge on any atom is 0.150 e. The van der Waals surface area contributed by atoms with Crippen LogP contribution in [0.4, 0.5) is 5.69 Å². The number of benzene rings is 1. The maximum atomic E-state index is 9.48. The Morgan fingerprint density at radius 1 is 1.40 bits per heavy atom.